The van der Waals surface area contributed by atoms with Crippen LogP contribution in [0.25, 0.3) is 0 Å². The average Bonchev–Trinajstić information content (AvgIpc) is 2.39. The van der Waals surface area contributed by atoms with Crippen molar-refractivity contribution in [2.24, 2.45) is 11.8 Å². The summed E-state index contributed by atoms with van der Waals surface area (Å²) in [6.45, 7) is 11.3. The van der Waals surface area contributed by atoms with Crippen LogP contribution in [0.4, 0.5) is 5.69 Å². The number of piperidine rings is 1. The van der Waals surface area contributed by atoms with Crippen molar-refractivity contribution in [1.29, 1.82) is 0 Å². The number of hydrogen-bond acceptors (Lipinski definition) is 3. The molecule has 3 nitrogen and oxygen atoms in total. The van der Waals surface area contributed by atoms with Gasteiger partial charge in [-0.2, -0.15) is 0 Å². The summed E-state index contributed by atoms with van der Waals surface area (Å²) < 4.78 is 0. The van der Waals surface area contributed by atoms with Gasteiger partial charge in [0.2, 0.25) is 0 Å². The molecule has 2 rings (SSSR count). The normalized spacial score (nSPS) is 17.2. The van der Waals surface area contributed by atoms with Crippen molar-refractivity contribution in [3.05, 3.63) is 24.0 Å². The van der Waals surface area contributed by atoms with Crippen molar-refractivity contribution in [2.75, 3.05) is 31.1 Å². The number of nitrogens with zero attached hydrogens (tertiary/aromatic N) is 2. The minimum atomic E-state index is 0.750. The molecule has 0 spiro atoms. The number of pyridine rings is 1. The summed E-state index contributed by atoms with van der Waals surface area (Å²) in [6.07, 6.45) is 4.51. The van der Waals surface area contributed by atoms with Crippen molar-refractivity contribution in [1.82, 2.24) is 10.3 Å². The fourth-order valence-corrected chi connectivity index (χ4v) is 2.70. The van der Waals surface area contributed by atoms with Gasteiger partial charge in [0.1, 0.15) is 0 Å². The van der Waals surface area contributed by atoms with Gasteiger partial charge in [-0.25, -0.2) is 0 Å². The molecule has 1 saturated heterocycles. The molecule has 0 radical (unpaired) electrons. The van der Waals surface area contributed by atoms with E-state index < -0.39 is 0 Å². The van der Waals surface area contributed by atoms with Gasteiger partial charge in [-0.05, 0) is 56.8 Å². The van der Waals surface area contributed by atoms with Crippen LogP contribution in [0, 0.1) is 18.8 Å². The molecule has 1 fully saturated rings. The highest BCUT2D eigenvalue weighted by atomic mass is 15.1. The molecular weight excluding hydrogens is 234 g/mol. The van der Waals surface area contributed by atoms with Gasteiger partial charge in [0, 0.05) is 30.7 Å². The summed E-state index contributed by atoms with van der Waals surface area (Å²) in [7, 11) is 0. The standard InChI is InChI=1S/C16H27N3/c1-13(2)11-17-12-15-5-8-19(9-6-15)16-4-7-18-14(3)10-16/h4,7,10,13,15,17H,5-6,8-9,11-12H2,1-3H3. The lowest BCUT2D eigenvalue weighted by molar-refractivity contribution is 0.374. The molecule has 0 unspecified atom stereocenters. The molecule has 0 aromatic carbocycles. The maximum Gasteiger partial charge on any atom is 0.0399 e. The van der Waals surface area contributed by atoms with Gasteiger partial charge in [-0.1, -0.05) is 13.8 Å². The van der Waals surface area contributed by atoms with Crippen LogP contribution in [-0.4, -0.2) is 31.2 Å². The zero-order valence-electron chi connectivity index (χ0n) is 12.5. The van der Waals surface area contributed by atoms with E-state index in [1.54, 1.807) is 0 Å². The van der Waals surface area contributed by atoms with Gasteiger partial charge < -0.3 is 10.2 Å². The summed E-state index contributed by atoms with van der Waals surface area (Å²) >= 11 is 0. The Morgan fingerprint density at radius 2 is 2.11 bits per heavy atom. The largest absolute Gasteiger partial charge is 0.371 e. The molecule has 1 aromatic rings. The molecule has 0 bridgehead atoms. The van der Waals surface area contributed by atoms with Gasteiger partial charge in [-0.15, -0.1) is 0 Å². The van der Waals surface area contributed by atoms with E-state index in [4.69, 9.17) is 0 Å². The van der Waals surface area contributed by atoms with E-state index in [1.807, 2.05) is 6.20 Å². The summed E-state index contributed by atoms with van der Waals surface area (Å²) in [5.41, 5.74) is 2.44. The highest BCUT2D eigenvalue weighted by molar-refractivity contribution is 5.46. The number of aromatic nitrogens is 1. The molecule has 1 aliphatic rings. The van der Waals surface area contributed by atoms with Crippen molar-refractivity contribution < 1.29 is 0 Å². The van der Waals surface area contributed by atoms with Gasteiger partial charge in [0.05, 0.1) is 0 Å². The SMILES string of the molecule is Cc1cc(N2CCC(CNCC(C)C)CC2)ccn1. The Labute approximate surface area is 117 Å². The Morgan fingerprint density at radius 3 is 2.74 bits per heavy atom. The van der Waals surface area contributed by atoms with Gasteiger partial charge >= 0.3 is 0 Å². The van der Waals surface area contributed by atoms with E-state index in [0.29, 0.717) is 0 Å². The number of anilines is 1. The van der Waals surface area contributed by atoms with Gasteiger partial charge in [0.25, 0.3) is 0 Å². The third-order valence-electron chi connectivity index (χ3n) is 3.85. The number of nitrogens with one attached hydrogen (secondary N) is 1. The van der Waals surface area contributed by atoms with Crippen molar-refractivity contribution in [3.63, 3.8) is 0 Å². The second kappa shape index (κ2) is 6.90. The lowest BCUT2D eigenvalue weighted by Crippen LogP contribution is -2.38. The van der Waals surface area contributed by atoms with Crippen LogP contribution < -0.4 is 10.2 Å². The minimum Gasteiger partial charge on any atom is -0.371 e. The second-order valence-electron chi connectivity index (χ2n) is 6.14. The zero-order chi connectivity index (χ0) is 13.7. The third kappa shape index (κ3) is 4.50. The lowest BCUT2D eigenvalue weighted by atomic mass is 9.96. The number of aryl methyl sites for hydroxylation is 1. The molecule has 2 heterocycles. The van der Waals surface area contributed by atoms with Crippen LogP contribution >= 0.6 is 0 Å². The quantitative estimate of drug-likeness (QED) is 0.883. The van der Waals surface area contributed by atoms with Gasteiger partial charge in [0.15, 0.2) is 0 Å². The highest BCUT2D eigenvalue weighted by Crippen LogP contribution is 2.22. The molecule has 106 valence electrons. The fourth-order valence-electron chi connectivity index (χ4n) is 2.70. The van der Waals surface area contributed by atoms with Crippen molar-refractivity contribution in [3.8, 4) is 0 Å². The van der Waals surface area contributed by atoms with E-state index in [9.17, 15) is 0 Å². The second-order valence-corrected chi connectivity index (χ2v) is 6.14. The van der Waals surface area contributed by atoms with Crippen LogP contribution in [0.2, 0.25) is 0 Å². The van der Waals surface area contributed by atoms with E-state index in [-0.39, 0.29) is 0 Å². The van der Waals surface area contributed by atoms with Crippen LogP contribution in [-0.2, 0) is 0 Å². The Bertz CT molecular complexity index is 381. The first kappa shape index (κ1) is 14.3. The summed E-state index contributed by atoms with van der Waals surface area (Å²) in [5.74, 6) is 1.60. The Balaban J connectivity index is 1.76. The molecule has 0 atom stereocenters. The third-order valence-corrected chi connectivity index (χ3v) is 3.85. The predicted octanol–water partition coefficient (Wildman–Crippen LogP) is 2.85. The Morgan fingerprint density at radius 1 is 1.37 bits per heavy atom. The van der Waals surface area contributed by atoms with E-state index in [2.05, 4.69) is 48.1 Å². The summed E-state index contributed by atoms with van der Waals surface area (Å²) in [6, 6.07) is 4.32. The summed E-state index contributed by atoms with van der Waals surface area (Å²) in [5, 5.41) is 3.59. The molecule has 19 heavy (non-hydrogen) atoms. The number of hydrogen-bond donors (Lipinski definition) is 1. The van der Waals surface area contributed by atoms with Gasteiger partial charge in [-0.3, -0.25) is 4.98 Å². The summed E-state index contributed by atoms with van der Waals surface area (Å²) in [4.78, 5) is 6.76. The molecule has 0 saturated carbocycles. The van der Waals surface area contributed by atoms with Crippen LogP contribution in [0.5, 0.6) is 0 Å². The molecule has 1 aliphatic heterocycles. The Kier molecular flexibility index (Phi) is 5.20. The first-order chi connectivity index (χ1) is 9.15. The maximum atomic E-state index is 4.27. The maximum absolute atomic E-state index is 4.27. The molecule has 1 aromatic heterocycles. The monoisotopic (exact) mass is 261 g/mol. The molecule has 3 heteroatoms. The van der Waals surface area contributed by atoms with E-state index in [0.717, 1.165) is 24.1 Å². The van der Waals surface area contributed by atoms with E-state index in [1.165, 1.54) is 38.2 Å². The van der Waals surface area contributed by atoms with Crippen molar-refractivity contribution >= 4 is 5.69 Å². The smallest absolute Gasteiger partial charge is 0.0399 e. The van der Waals surface area contributed by atoms with Crippen LogP contribution in [0.3, 0.4) is 0 Å². The first-order valence-electron chi connectivity index (χ1n) is 7.53. The molecule has 1 N–H and O–H groups in total. The zero-order valence-corrected chi connectivity index (χ0v) is 12.5. The first-order valence-corrected chi connectivity index (χ1v) is 7.53. The van der Waals surface area contributed by atoms with Crippen LogP contribution in [0.15, 0.2) is 18.3 Å². The lowest BCUT2D eigenvalue weighted by Gasteiger charge is -2.34. The molecule has 0 amide bonds. The average molecular weight is 261 g/mol. The molecular formula is C16H27N3. The fraction of sp³-hybridized carbons (Fsp3) is 0.688. The topological polar surface area (TPSA) is 28.2 Å². The minimum absolute atomic E-state index is 0.750. The number of rotatable bonds is 5. The predicted molar refractivity (Wildman–Crippen MR) is 81.6 cm³/mol. The molecule has 0 aliphatic carbocycles. The van der Waals surface area contributed by atoms with E-state index >= 15 is 0 Å². The van der Waals surface area contributed by atoms with Crippen LogP contribution in [0.1, 0.15) is 32.4 Å². The highest BCUT2D eigenvalue weighted by Gasteiger charge is 2.19. The van der Waals surface area contributed by atoms with Crippen molar-refractivity contribution in [2.45, 2.75) is 33.6 Å². The Hall–Kier alpha value is -1.09.